The van der Waals surface area contributed by atoms with Gasteiger partial charge in [-0.3, -0.25) is 4.48 Å². The van der Waals surface area contributed by atoms with Gasteiger partial charge in [-0.25, -0.2) is 9.59 Å². The van der Waals surface area contributed by atoms with Crippen molar-refractivity contribution >= 4 is 17.9 Å². The van der Waals surface area contributed by atoms with Gasteiger partial charge in [-0.2, -0.15) is 0 Å². The smallest absolute Gasteiger partial charge is 0.362 e. The van der Waals surface area contributed by atoms with Crippen molar-refractivity contribution in [2.45, 2.75) is 90.3 Å². The van der Waals surface area contributed by atoms with Crippen molar-refractivity contribution < 1.29 is 34.2 Å². The van der Waals surface area contributed by atoms with Crippen molar-refractivity contribution in [2.75, 3.05) is 6.54 Å². The van der Waals surface area contributed by atoms with Gasteiger partial charge in [-0.15, -0.1) is 6.58 Å². The fraction of sp³-hybridized carbons (Fsp3) is 0.750. The van der Waals surface area contributed by atoms with Crippen LogP contribution in [0, 0.1) is 0 Å². The van der Waals surface area contributed by atoms with Crippen molar-refractivity contribution in [2.24, 2.45) is 0 Å². The first-order chi connectivity index (χ1) is 12.6. The first-order valence-corrected chi connectivity index (χ1v) is 9.77. The predicted molar refractivity (Wildman–Crippen MR) is 101 cm³/mol. The van der Waals surface area contributed by atoms with Gasteiger partial charge in [0.05, 0.1) is 12.5 Å². The van der Waals surface area contributed by atoms with Crippen LogP contribution in [0.25, 0.3) is 0 Å². The Bertz CT molecular complexity index is 454. The standard InChI is InChI=1S/C20H35NO6/c1-5-6-7-8-9-10-11-12-13-14-21(15(2)18(22)23,16(3)19(24)25)17(4)20(26)27/h5,15-17H,1,6-14H2,2-4H3,(H2-,22,23,24,25,26,27). The Labute approximate surface area is 162 Å². The molecule has 0 bridgehead atoms. The molecule has 0 aliphatic rings. The molecule has 0 aliphatic carbocycles. The summed E-state index contributed by atoms with van der Waals surface area (Å²) in [7, 11) is 0. The third-order valence-electron chi connectivity index (χ3n) is 5.67. The Balaban J connectivity index is 5.04. The van der Waals surface area contributed by atoms with Gasteiger partial charge in [0, 0.05) is 0 Å². The number of quaternary nitrogens is 1. The maximum absolute atomic E-state index is 11.6. The zero-order valence-corrected chi connectivity index (χ0v) is 16.9. The number of hydrogen-bond acceptors (Lipinski definition) is 4. The van der Waals surface area contributed by atoms with E-state index >= 15 is 0 Å². The molecule has 27 heavy (non-hydrogen) atoms. The molecule has 0 aliphatic heterocycles. The summed E-state index contributed by atoms with van der Waals surface area (Å²) in [6, 6.07) is -3.56. The van der Waals surface area contributed by atoms with Gasteiger partial charge in [0.25, 0.3) is 0 Å². The molecule has 0 aromatic rings. The number of carbonyl (C=O) groups is 3. The summed E-state index contributed by atoms with van der Waals surface area (Å²) < 4.78 is -0.549. The van der Waals surface area contributed by atoms with Crippen LogP contribution in [0.4, 0.5) is 0 Å². The molecule has 0 rings (SSSR count). The summed E-state index contributed by atoms with van der Waals surface area (Å²) >= 11 is 0. The van der Waals surface area contributed by atoms with Crippen LogP contribution < -0.4 is 5.11 Å². The molecular weight excluding hydrogens is 350 g/mol. The van der Waals surface area contributed by atoms with Gasteiger partial charge >= 0.3 is 11.9 Å². The van der Waals surface area contributed by atoms with Crippen LogP contribution in [0.15, 0.2) is 12.7 Å². The van der Waals surface area contributed by atoms with Crippen LogP contribution in [-0.4, -0.2) is 57.3 Å². The van der Waals surface area contributed by atoms with Crippen LogP contribution in [0.3, 0.4) is 0 Å². The lowest BCUT2D eigenvalue weighted by Gasteiger charge is -2.49. The first kappa shape index (κ1) is 25.1. The van der Waals surface area contributed by atoms with Crippen molar-refractivity contribution in [1.29, 1.82) is 0 Å². The second kappa shape index (κ2) is 12.5. The van der Waals surface area contributed by atoms with Gasteiger partial charge in [0.1, 0.15) is 6.04 Å². The second-order valence-electron chi connectivity index (χ2n) is 7.29. The Morgan fingerprint density at radius 3 is 1.63 bits per heavy atom. The minimum atomic E-state index is -1.43. The molecule has 0 aromatic carbocycles. The van der Waals surface area contributed by atoms with Crippen molar-refractivity contribution in [1.82, 2.24) is 0 Å². The third kappa shape index (κ3) is 7.33. The first-order valence-electron chi connectivity index (χ1n) is 9.77. The summed E-state index contributed by atoms with van der Waals surface area (Å²) in [5.41, 5.74) is 0. The Morgan fingerprint density at radius 2 is 1.26 bits per heavy atom. The SMILES string of the molecule is C=CCCCCCCCCC[N+](C(C)C(=O)[O-])(C(C)C(=O)O)C(C)C(=O)O. The van der Waals surface area contributed by atoms with Gasteiger partial charge < -0.3 is 20.1 Å². The van der Waals surface area contributed by atoms with Crippen LogP contribution >= 0.6 is 0 Å². The molecule has 0 saturated carbocycles. The van der Waals surface area contributed by atoms with Crippen LogP contribution in [-0.2, 0) is 14.4 Å². The molecule has 0 aromatic heterocycles. The quantitative estimate of drug-likeness (QED) is 0.239. The number of aliphatic carboxylic acids is 3. The maximum Gasteiger partial charge on any atom is 0.362 e. The fourth-order valence-electron chi connectivity index (χ4n) is 3.75. The van der Waals surface area contributed by atoms with E-state index in [0.717, 1.165) is 44.9 Å². The van der Waals surface area contributed by atoms with E-state index in [1.165, 1.54) is 20.8 Å². The zero-order valence-electron chi connectivity index (χ0n) is 16.9. The third-order valence-corrected chi connectivity index (χ3v) is 5.67. The number of carboxylic acid groups (broad SMARTS) is 3. The lowest BCUT2D eigenvalue weighted by Crippen LogP contribution is -2.72. The number of unbranched alkanes of at least 4 members (excludes halogenated alkanes) is 7. The Kier molecular flexibility index (Phi) is 11.6. The number of carboxylic acids is 3. The van der Waals surface area contributed by atoms with E-state index in [-0.39, 0.29) is 6.54 Å². The van der Waals surface area contributed by atoms with Gasteiger partial charge in [0.15, 0.2) is 12.1 Å². The summed E-state index contributed by atoms with van der Waals surface area (Å²) in [6.07, 6.45) is 9.68. The van der Waals surface area contributed by atoms with Crippen molar-refractivity contribution in [3.63, 3.8) is 0 Å². The lowest BCUT2D eigenvalue weighted by atomic mass is 10.00. The van der Waals surface area contributed by atoms with Crippen LogP contribution in [0.1, 0.15) is 72.1 Å². The normalized spacial score (nSPS) is 16.7. The lowest BCUT2D eigenvalue weighted by molar-refractivity contribution is -0.969. The predicted octanol–water partition coefficient (Wildman–Crippen LogP) is 2.19. The van der Waals surface area contributed by atoms with Crippen LogP contribution in [0.2, 0.25) is 0 Å². The van der Waals surface area contributed by atoms with E-state index in [1.54, 1.807) is 0 Å². The van der Waals surface area contributed by atoms with Gasteiger partial charge in [-0.05, 0) is 46.5 Å². The summed E-state index contributed by atoms with van der Waals surface area (Å²) in [4.78, 5) is 34.8. The number of carbonyl (C=O) groups excluding carboxylic acids is 1. The highest BCUT2D eigenvalue weighted by atomic mass is 16.4. The molecule has 7 nitrogen and oxygen atoms in total. The summed E-state index contributed by atoms with van der Waals surface area (Å²) in [6.45, 7) is 7.96. The molecule has 0 heterocycles. The summed E-state index contributed by atoms with van der Waals surface area (Å²) in [5, 5.41) is 30.5. The maximum atomic E-state index is 11.6. The minimum absolute atomic E-state index is 0.173. The molecular formula is C20H35NO6. The monoisotopic (exact) mass is 385 g/mol. The highest BCUT2D eigenvalue weighted by Gasteiger charge is 2.50. The average molecular weight is 386 g/mol. The van der Waals surface area contributed by atoms with E-state index in [0.29, 0.717) is 6.42 Å². The molecule has 0 amide bonds. The molecule has 156 valence electrons. The molecule has 3 atom stereocenters. The largest absolute Gasteiger partial charge is 0.544 e. The van der Waals surface area contributed by atoms with E-state index in [4.69, 9.17) is 0 Å². The molecule has 0 spiro atoms. The minimum Gasteiger partial charge on any atom is -0.544 e. The van der Waals surface area contributed by atoms with E-state index in [1.807, 2.05) is 6.08 Å². The van der Waals surface area contributed by atoms with E-state index in [2.05, 4.69) is 6.58 Å². The van der Waals surface area contributed by atoms with Crippen molar-refractivity contribution in [3.8, 4) is 0 Å². The molecule has 0 radical (unpaired) electrons. The average Bonchev–Trinajstić information content (AvgIpc) is 2.61. The van der Waals surface area contributed by atoms with Gasteiger partial charge in [0.2, 0.25) is 0 Å². The van der Waals surface area contributed by atoms with E-state index in [9.17, 15) is 29.7 Å². The highest BCUT2D eigenvalue weighted by molar-refractivity contribution is 5.76. The Hall–Kier alpha value is -1.89. The molecule has 0 saturated heterocycles. The number of rotatable bonds is 16. The molecule has 0 fully saturated rings. The van der Waals surface area contributed by atoms with Crippen molar-refractivity contribution in [3.05, 3.63) is 12.7 Å². The number of nitrogens with zero attached hydrogens (tertiary/aromatic N) is 1. The topological polar surface area (TPSA) is 115 Å². The number of allylic oxidation sites excluding steroid dienone is 1. The second-order valence-corrected chi connectivity index (χ2v) is 7.29. The van der Waals surface area contributed by atoms with E-state index < -0.39 is 40.5 Å². The molecule has 2 N–H and O–H groups in total. The van der Waals surface area contributed by atoms with Gasteiger partial charge in [-0.1, -0.05) is 31.8 Å². The highest BCUT2D eigenvalue weighted by Crippen LogP contribution is 2.27. The Morgan fingerprint density at radius 1 is 0.852 bits per heavy atom. The van der Waals surface area contributed by atoms with Crippen LogP contribution in [0.5, 0.6) is 0 Å². The summed E-state index contributed by atoms with van der Waals surface area (Å²) in [5.74, 6) is -3.85. The molecule has 3 unspecified atom stereocenters. The molecule has 7 heteroatoms. The zero-order chi connectivity index (χ0) is 21.0. The number of hydrogen-bond donors (Lipinski definition) is 2. The fourth-order valence-corrected chi connectivity index (χ4v) is 3.75.